The van der Waals surface area contributed by atoms with Gasteiger partial charge in [-0.05, 0) is 63.9 Å². The smallest absolute Gasteiger partial charge is 0.192 e. The van der Waals surface area contributed by atoms with E-state index >= 15 is 0 Å². The van der Waals surface area contributed by atoms with Crippen LogP contribution in [0.2, 0.25) is 0 Å². The van der Waals surface area contributed by atoms with E-state index in [9.17, 15) is 0 Å². The van der Waals surface area contributed by atoms with Crippen molar-refractivity contribution < 1.29 is 0 Å². The van der Waals surface area contributed by atoms with E-state index in [1.54, 1.807) is 0 Å². The molecule has 1 aliphatic heterocycles. The third kappa shape index (κ3) is 2.58. The lowest BCUT2D eigenvalue weighted by molar-refractivity contribution is 0.182. The van der Waals surface area contributed by atoms with Crippen molar-refractivity contribution in [2.45, 2.75) is 45.2 Å². The van der Waals surface area contributed by atoms with Crippen molar-refractivity contribution in [2.75, 3.05) is 11.6 Å². The molecule has 1 aromatic carbocycles. The molecule has 0 bridgehead atoms. The van der Waals surface area contributed by atoms with Crippen molar-refractivity contribution in [2.24, 2.45) is 0 Å². The van der Waals surface area contributed by atoms with Gasteiger partial charge in [0, 0.05) is 6.54 Å². The summed E-state index contributed by atoms with van der Waals surface area (Å²) in [7, 11) is 0. The van der Waals surface area contributed by atoms with E-state index in [2.05, 4.69) is 60.0 Å². The number of thiocarbonyl (C=S) groups is 1. The van der Waals surface area contributed by atoms with Crippen molar-refractivity contribution in [3.8, 4) is 0 Å². The van der Waals surface area contributed by atoms with Crippen LogP contribution in [0.15, 0.2) is 36.4 Å². The molecule has 0 atom stereocenters. The van der Waals surface area contributed by atoms with Crippen LogP contribution < -0.4 is 10.4 Å². The third-order valence-corrected chi connectivity index (χ3v) is 4.81. The van der Waals surface area contributed by atoms with Gasteiger partial charge in [0.05, 0.1) is 5.69 Å². The second kappa shape index (κ2) is 5.43. The quantitative estimate of drug-likeness (QED) is 0.676. The highest BCUT2D eigenvalue weighted by molar-refractivity contribution is 7.80. The Balaban J connectivity index is 1.92. The monoisotopic (exact) mass is 301 g/mol. The van der Waals surface area contributed by atoms with Gasteiger partial charge < -0.3 is 4.90 Å². The maximum Gasteiger partial charge on any atom is 0.192 e. The Hall–Kier alpha value is -1.39. The Morgan fingerprint density at radius 1 is 1.29 bits per heavy atom. The summed E-state index contributed by atoms with van der Waals surface area (Å²) in [5, 5.41) is 2.94. The molecule has 1 heterocycles. The van der Waals surface area contributed by atoms with Crippen molar-refractivity contribution >= 4 is 23.0 Å². The number of nitrogens with one attached hydrogen (secondary N) is 1. The number of hydrogen-bond donors (Lipinski definition) is 1. The lowest BCUT2D eigenvalue weighted by atomic mass is 10.1. The first kappa shape index (κ1) is 14.5. The van der Waals surface area contributed by atoms with Crippen LogP contribution in [0, 0.1) is 6.92 Å². The molecule has 1 aromatic rings. The SMILES string of the molecule is C=C(C)CN1C(=S)N(c2ccc(C)cc2)NC12CCCC2. The molecular formula is C17H23N3S. The first-order valence-electron chi connectivity index (χ1n) is 7.62. The summed E-state index contributed by atoms with van der Waals surface area (Å²) in [5.41, 5.74) is 7.19. The van der Waals surface area contributed by atoms with Gasteiger partial charge in [0.15, 0.2) is 5.11 Å². The van der Waals surface area contributed by atoms with Crippen LogP contribution in [0.25, 0.3) is 0 Å². The van der Waals surface area contributed by atoms with Crippen LogP contribution in [-0.4, -0.2) is 22.2 Å². The number of nitrogens with zero attached hydrogens (tertiary/aromatic N) is 2. The van der Waals surface area contributed by atoms with Gasteiger partial charge in [0.1, 0.15) is 5.66 Å². The average molecular weight is 301 g/mol. The molecule has 3 rings (SSSR count). The summed E-state index contributed by atoms with van der Waals surface area (Å²) < 4.78 is 0. The maximum absolute atomic E-state index is 5.75. The van der Waals surface area contributed by atoms with Gasteiger partial charge in [-0.15, -0.1) is 0 Å². The van der Waals surface area contributed by atoms with Crippen LogP contribution in [0.5, 0.6) is 0 Å². The van der Waals surface area contributed by atoms with E-state index in [0.29, 0.717) is 0 Å². The van der Waals surface area contributed by atoms with Crippen LogP contribution >= 0.6 is 12.2 Å². The fourth-order valence-corrected chi connectivity index (χ4v) is 3.71. The Morgan fingerprint density at radius 3 is 2.48 bits per heavy atom. The zero-order chi connectivity index (χ0) is 15.0. The molecule has 2 aliphatic rings. The zero-order valence-corrected chi connectivity index (χ0v) is 13.7. The van der Waals surface area contributed by atoms with E-state index in [1.165, 1.54) is 18.4 Å². The summed E-state index contributed by atoms with van der Waals surface area (Å²) >= 11 is 5.75. The van der Waals surface area contributed by atoms with Crippen molar-refractivity contribution in [3.63, 3.8) is 0 Å². The summed E-state index contributed by atoms with van der Waals surface area (Å²) in [6.45, 7) is 9.07. The maximum atomic E-state index is 5.75. The molecule has 21 heavy (non-hydrogen) atoms. The van der Waals surface area contributed by atoms with Crippen molar-refractivity contribution in [1.29, 1.82) is 0 Å². The van der Waals surface area contributed by atoms with Crippen LogP contribution in [0.4, 0.5) is 5.69 Å². The number of aryl methyl sites for hydroxylation is 1. The first-order valence-corrected chi connectivity index (χ1v) is 8.03. The molecule has 1 saturated heterocycles. The van der Waals surface area contributed by atoms with E-state index in [4.69, 9.17) is 12.2 Å². The lowest BCUT2D eigenvalue weighted by Gasteiger charge is -2.34. The average Bonchev–Trinajstić information content (AvgIpc) is 3.01. The Bertz CT molecular complexity index is 558. The number of rotatable bonds is 3. The molecule has 0 amide bonds. The second-order valence-electron chi connectivity index (χ2n) is 6.35. The lowest BCUT2D eigenvalue weighted by Crippen LogP contribution is -2.51. The highest BCUT2D eigenvalue weighted by atomic mass is 32.1. The topological polar surface area (TPSA) is 18.5 Å². The minimum Gasteiger partial charge on any atom is -0.324 e. The summed E-state index contributed by atoms with van der Waals surface area (Å²) in [6.07, 6.45) is 4.79. The van der Waals surface area contributed by atoms with Gasteiger partial charge in [0.2, 0.25) is 0 Å². The summed E-state index contributed by atoms with van der Waals surface area (Å²) in [6, 6.07) is 8.51. The number of benzene rings is 1. The van der Waals surface area contributed by atoms with Crippen molar-refractivity contribution in [1.82, 2.24) is 10.3 Å². The number of anilines is 1. The molecule has 1 N–H and O–H groups in total. The second-order valence-corrected chi connectivity index (χ2v) is 6.71. The van der Waals surface area contributed by atoms with Crippen LogP contribution in [0.3, 0.4) is 0 Å². The highest BCUT2D eigenvalue weighted by Crippen LogP contribution is 2.39. The van der Waals surface area contributed by atoms with Gasteiger partial charge in [-0.2, -0.15) is 0 Å². The fraction of sp³-hybridized carbons (Fsp3) is 0.471. The molecule has 0 radical (unpaired) electrons. The van der Waals surface area contributed by atoms with Crippen LogP contribution in [-0.2, 0) is 0 Å². The van der Waals surface area contributed by atoms with E-state index < -0.39 is 0 Å². The number of hydrogen-bond acceptors (Lipinski definition) is 2. The van der Waals surface area contributed by atoms with Gasteiger partial charge in [-0.3, -0.25) is 0 Å². The normalized spacial score (nSPS) is 20.6. The summed E-state index contributed by atoms with van der Waals surface area (Å²) in [4.78, 5) is 2.33. The molecule has 1 spiro atoms. The largest absolute Gasteiger partial charge is 0.324 e. The fourth-order valence-electron chi connectivity index (χ4n) is 3.32. The molecule has 3 nitrogen and oxygen atoms in total. The molecule has 0 aromatic heterocycles. The minimum absolute atomic E-state index is 0.0130. The molecule has 2 fully saturated rings. The minimum atomic E-state index is -0.0130. The third-order valence-electron chi connectivity index (χ3n) is 4.41. The molecular weight excluding hydrogens is 278 g/mol. The van der Waals surface area contributed by atoms with E-state index in [0.717, 1.165) is 35.8 Å². The molecule has 112 valence electrons. The molecule has 1 aliphatic carbocycles. The first-order chi connectivity index (χ1) is 10.0. The van der Waals surface area contributed by atoms with Crippen LogP contribution in [0.1, 0.15) is 38.2 Å². The Kier molecular flexibility index (Phi) is 3.76. The molecule has 1 saturated carbocycles. The van der Waals surface area contributed by atoms with E-state index in [1.807, 2.05) is 0 Å². The molecule has 4 heteroatoms. The Labute approximate surface area is 132 Å². The number of hydrazine groups is 1. The van der Waals surface area contributed by atoms with Gasteiger partial charge in [-0.1, -0.05) is 29.8 Å². The predicted octanol–water partition coefficient (Wildman–Crippen LogP) is 3.75. The van der Waals surface area contributed by atoms with Gasteiger partial charge in [0.25, 0.3) is 0 Å². The standard InChI is InChI=1S/C17H23N3S/c1-13(2)12-19-16(21)20(15-8-6-14(3)7-9-15)18-17(19)10-4-5-11-17/h6-9,18H,1,4-5,10-12H2,2-3H3. The zero-order valence-electron chi connectivity index (χ0n) is 12.9. The van der Waals surface area contributed by atoms with E-state index in [-0.39, 0.29) is 5.66 Å². The predicted molar refractivity (Wildman–Crippen MR) is 92.1 cm³/mol. The Morgan fingerprint density at radius 2 is 1.90 bits per heavy atom. The molecule has 0 unspecified atom stereocenters. The van der Waals surface area contributed by atoms with Gasteiger partial charge >= 0.3 is 0 Å². The van der Waals surface area contributed by atoms with Gasteiger partial charge in [-0.25, -0.2) is 10.4 Å². The highest BCUT2D eigenvalue weighted by Gasteiger charge is 2.48. The summed E-state index contributed by atoms with van der Waals surface area (Å²) in [5.74, 6) is 0. The van der Waals surface area contributed by atoms with Crippen molar-refractivity contribution in [3.05, 3.63) is 42.0 Å².